The lowest BCUT2D eigenvalue weighted by Gasteiger charge is -2.24. The lowest BCUT2D eigenvalue weighted by atomic mass is 9.92. The van der Waals surface area contributed by atoms with Crippen LogP contribution in [0.5, 0.6) is 0 Å². The van der Waals surface area contributed by atoms with Gasteiger partial charge in [0.25, 0.3) is 0 Å². The molecule has 18 heavy (non-hydrogen) atoms. The molecule has 1 aromatic rings. The van der Waals surface area contributed by atoms with E-state index in [2.05, 4.69) is 26.1 Å². The van der Waals surface area contributed by atoms with Crippen LogP contribution in [-0.2, 0) is 4.79 Å². The Labute approximate surface area is 109 Å². The molecule has 0 unspecified atom stereocenters. The standard InChI is InChI=1S/C14H24N2O2/c1-14(2,3)9-13(17)15-10-11(16(4)5)12-7-6-8-18-12/h6-8,11H,9-10H2,1-5H3,(H,15,17)/t11-/m1/s1. The molecule has 102 valence electrons. The van der Waals surface area contributed by atoms with Crippen molar-refractivity contribution < 1.29 is 9.21 Å². The second-order valence-electron chi connectivity index (χ2n) is 6.04. The third kappa shape index (κ3) is 4.92. The maximum Gasteiger partial charge on any atom is 0.220 e. The monoisotopic (exact) mass is 252 g/mol. The van der Waals surface area contributed by atoms with Crippen molar-refractivity contribution in [2.45, 2.75) is 33.2 Å². The first kappa shape index (κ1) is 14.8. The van der Waals surface area contributed by atoms with Crippen molar-refractivity contribution in [2.75, 3.05) is 20.6 Å². The minimum absolute atomic E-state index is 0.0162. The first-order valence-corrected chi connectivity index (χ1v) is 6.26. The molecular formula is C14H24N2O2. The van der Waals surface area contributed by atoms with Gasteiger partial charge in [-0.05, 0) is 31.6 Å². The van der Waals surface area contributed by atoms with Crippen molar-refractivity contribution in [3.8, 4) is 0 Å². The third-order valence-electron chi connectivity index (χ3n) is 2.68. The molecule has 0 saturated heterocycles. The SMILES string of the molecule is CN(C)[C@H](CNC(=O)CC(C)(C)C)c1ccco1. The van der Waals surface area contributed by atoms with E-state index >= 15 is 0 Å². The Hall–Kier alpha value is -1.29. The van der Waals surface area contributed by atoms with Gasteiger partial charge < -0.3 is 9.73 Å². The van der Waals surface area contributed by atoms with Crippen molar-refractivity contribution in [3.63, 3.8) is 0 Å². The van der Waals surface area contributed by atoms with Crippen LogP contribution in [0.3, 0.4) is 0 Å². The molecule has 4 nitrogen and oxygen atoms in total. The fourth-order valence-electron chi connectivity index (χ4n) is 1.77. The van der Waals surface area contributed by atoms with Crippen molar-refractivity contribution in [3.05, 3.63) is 24.2 Å². The summed E-state index contributed by atoms with van der Waals surface area (Å²) >= 11 is 0. The fourth-order valence-corrected chi connectivity index (χ4v) is 1.77. The molecular weight excluding hydrogens is 228 g/mol. The predicted octanol–water partition coefficient (Wildman–Crippen LogP) is 2.43. The van der Waals surface area contributed by atoms with Gasteiger partial charge in [-0.2, -0.15) is 0 Å². The largest absolute Gasteiger partial charge is 0.468 e. The van der Waals surface area contributed by atoms with Gasteiger partial charge in [0.15, 0.2) is 0 Å². The van der Waals surface area contributed by atoms with Gasteiger partial charge in [-0.15, -0.1) is 0 Å². The molecule has 1 rings (SSSR count). The molecule has 0 aromatic carbocycles. The van der Waals surface area contributed by atoms with Crippen molar-refractivity contribution in [2.24, 2.45) is 5.41 Å². The number of nitrogens with zero attached hydrogens (tertiary/aromatic N) is 1. The Morgan fingerprint density at radius 2 is 2.11 bits per heavy atom. The zero-order valence-electron chi connectivity index (χ0n) is 12.0. The predicted molar refractivity (Wildman–Crippen MR) is 72.2 cm³/mol. The van der Waals surface area contributed by atoms with Crippen LogP contribution in [0.1, 0.15) is 39.0 Å². The zero-order chi connectivity index (χ0) is 13.8. The molecule has 0 aliphatic carbocycles. The van der Waals surface area contributed by atoms with Gasteiger partial charge in [-0.3, -0.25) is 9.69 Å². The number of amides is 1. The number of hydrogen-bond acceptors (Lipinski definition) is 3. The van der Waals surface area contributed by atoms with Crippen LogP contribution < -0.4 is 5.32 Å². The minimum Gasteiger partial charge on any atom is -0.468 e. The molecule has 0 aliphatic heterocycles. The Kier molecular flexibility index (Phi) is 4.96. The number of carbonyl (C=O) groups excluding carboxylic acids is 1. The van der Waals surface area contributed by atoms with E-state index in [4.69, 9.17) is 4.42 Å². The summed E-state index contributed by atoms with van der Waals surface area (Å²) in [7, 11) is 3.95. The molecule has 1 atom stereocenters. The summed E-state index contributed by atoms with van der Waals surface area (Å²) < 4.78 is 5.40. The highest BCUT2D eigenvalue weighted by molar-refractivity contribution is 5.76. The maximum atomic E-state index is 11.8. The number of rotatable bonds is 5. The highest BCUT2D eigenvalue weighted by atomic mass is 16.3. The van der Waals surface area contributed by atoms with E-state index in [0.29, 0.717) is 13.0 Å². The molecule has 1 aromatic heterocycles. The van der Waals surface area contributed by atoms with Gasteiger partial charge in [0.1, 0.15) is 5.76 Å². The number of furan rings is 1. The van der Waals surface area contributed by atoms with E-state index in [1.807, 2.05) is 31.1 Å². The van der Waals surface area contributed by atoms with Gasteiger partial charge >= 0.3 is 0 Å². The van der Waals surface area contributed by atoms with Gasteiger partial charge in [0.05, 0.1) is 12.3 Å². The summed E-state index contributed by atoms with van der Waals surface area (Å²) in [5.41, 5.74) is 0.0162. The number of nitrogens with one attached hydrogen (secondary N) is 1. The molecule has 1 amide bonds. The summed E-state index contributed by atoms with van der Waals surface area (Å²) in [6.07, 6.45) is 2.19. The van der Waals surface area contributed by atoms with E-state index in [1.54, 1.807) is 6.26 Å². The van der Waals surface area contributed by atoms with E-state index in [-0.39, 0.29) is 17.4 Å². The highest BCUT2D eigenvalue weighted by Crippen LogP contribution is 2.20. The molecule has 1 heterocycles. The van der Waals surface area contributed by atoms with Gasteiger partial charge in [-0.25, -0.2) is 0 Å². The topological polar surface area (TPSA) is 45.5 Å². The fraction of sp³-hybridized carbons (Fsp3) is 0.643. The van der Waals surface area contributed by atoms with Gasteiger partial charge in [0, 0.05) is 13.0 Å². The van der Waals surface area contributed by atoms with Crippen LogP contribution in [-0.4, -0.2) is 31.4 Å². The van der Waals surface area contributed by atoms with E-state index in [0.717, 1.165) is 5.76 Å². The molecule has 4 heteroatoms. The Morgan fingerprint density at radius 1 is 1.44 bits per heavy atom. The van der Waals surface area contributed by atoms with Crippen molar-refractivity contribution in [1.29, 1.82) is 0 Å². The molecule has 1 N–H and O–H groups in total. The summed E-state index contributed by atoms with van der Waals surface area (Å²) in [5.74, 6) is 0.956. The summed E-state index contributed by atoms with van der Waals surface area (Å²) in [6, 6.07) is 3.87. The first-order valence-electron chi connectivity index (χ1n) is 6.26. The van der Waals surface area contributed by atoms with E-state index in [1.165, 1.54) is 0 Å². The molecule has 0 bridgehead atoms. The quantitative estimate of drug-likeness (QED) is 0.875. The van der Waals surface area contributed by atoms with E-state index < -0.39 is 0 Å². The van der Waals surface area contributed by atoms with Crippen LogP contribution in [0.25, 0.3) is 0 Å². The number of likely N-dealkylation sites (N-methyl/N-ethyl adjacent to an activating group) is 1. The lowest BCUT2D eigenvalue weighted by molar-refractivity contribution is -0.123. The number of carbonyl (C=O) groups is 1. The van der Waals surface area contributed by atoms with Crippen LogP contribution >= 0.6 is 0 Å². The smallest absolute Gasteiger partial charge is 0.220 e. The molecule has 0 spiro atoms. The Bertz CT molecular complexity index is 364. The Balaban J connectivity index is 2.52. The van der Waals surface area contributed by atoms with Crippen molar-refractivity contribution >= 4 is 5.91 Å². The van der Waals surface area contributed by atoms with Crippen molar-refractivity contribution in [1.82, 2.24) is 10.2 Å². The molecule has 0 radical (unpaired) electrons. The van der Waals surface area contributed by atoms with Gasteiger partial charge in [-0.1, -0.05) is 20.8 Å². The number of hydrogen-bond donors (Lipinski definition) is 1. The Morgan fingerprint density at radius 3 is 2.56 bits per heavy atom. The average Bonchev–Trinajstić information content (AvgIpc) is 2.67. The van der Waals surface area contributed by atoms with Crippen LogP contribution in [0.2, 0.25) is 0 Å². The average molecular weight is 252 g/mol. The first-order chi connectivity index (χ1) is 8.29. The van der Waals surface area contributed by atoms with Crippen LogP contribution in [0.4, 0.5) is 0 Å². The summed E-state index contributed by atoms with van der Waals surface area (Å²) in [5, 5.41) is 2.97. The minimum atomic E-state index is 0.0162. The normalized spacial score (nSPS) is 13.7. The molecule has 0 saturated carbocycles. The van der Waals surface area contributed by atoms with Gasteiger partial charge in [0.2, 0.25) is 5.91 Å². The molecule has 0 aliphatic rings. The van der Waals surface area contributed by atoms with Crippen LogP contribution in [0, 0.1) is 5.41 Å². The van der Waals surface area contributed by atoms with E-state index in [9.17, 15) is 4.79 Å². The maximum absolute atomic E-state index is 11.8. The third-order valence-corrected chi connectivity index (χ3v) is 2.68. The summed E-state index contributed by atoms with van der Waals surface area (Å²) in [4.78, 5) is 13.8. The summed E-state index contributed by atoms with van der Waals surface area (Å²) in [6.45, 7) is 6.74. The highest BCUT2D eigenvalue weighted by Gasteiger charge is 2.20. The van der Waals surface area contributed by atoms with Crippen LogP contribution in [0.15, 0.2) is 22.8 Å². The molecule has 0 fully saturated rings. The lowest BCUT2D eigenvalue weighted by Crippen LogP contribution is -2.35. The zero-order valence-corrected chi connectivity index (χ0v) is 12.0. The second-order valence-corrected chi connectivity index (χ2v) is 6.04. The second kappa shape index (κ2) is 6.05.